The number of aromatic carboxylic acids is 1. The van der Waals surface area contributed by atoms with E-state index in [9.17, 15) is 9.18 Å². The number of halogens is 2. The molecule has 1 aromatic carbocycles. The van der Waals surface area contributed by atoms with Gasteiger partial charge in [-0.3, -0.25) is 0 Å². The first kappa shape index (κ1) is 10.6. The van der Waals surface area contributed by atoms with Crippen LogP contribution in [0.4, 0.5) is 4.39 Å². The Bertz CT molecular complexity index is 553. The number of hydrogen-bond acceptors (Lipinski definition) is 3. The molecule has 0 amide bonds. The van der Waals surface area contributed by atoms with Crippen molar-refractivity contribution in [2.75, 3.05) is 0 Å². The maximum absolute atomic E-state index is 13.4. The molecule has 0 radical (unpaired) electrons. The second-order valence-electron chi connectivity index (χ2n) is 3.01. The quantitative estimate of drug-likeness (QED) is 0.878. The third kappa shape index (κ3) is 1.90. The van der Waals surface area contributed by atoms with E-state index in [1.807, 2.05) is 0 Å². The molecule has 2 rings (SSSR count). The number of carboxylic acids is 1. The van der Waals surface area contributed by atoms with Gasteiger partial charge in [0.05, 0.1) is 5.56 Å². The average Bonchev–Trinajstić information content (AvgIpc) is 2.66. The molecule has 6 heteroatoms. The Balaban J connectivity index is 2.46. The normalized spacial score (nSPS) is 10.4. The summed E-state index contributed by atoms with van der Waals surface area (Å²) in [4.78, 5) is 10.5. The van der Waals surface area contributed by atoms with Crippen LogP contribution in [-0.4, -0.2) is 16.2 Å². The van der Waals surface area contributed by atoms with Crippen LogP contribution in [0.5, 0.6) is 0 Å². The molecular weight excluding hydrogens is 237 g/mol. The predicted octanol–water partition coefficient (Wildman–Crippen LogP) is 2.83. The Labute approximate surface area is 94.2 Å². The summed E-state index contributed by atoms with van der Waals surface area (Å²) in [5.74, 6) is -1.78. The molecule has 1 heterocycles. The van der Waals surface area contributed by atoms with Gasteiger partial charge in [-0.2, -0.15) is 0 Å². The first-order valence-corrected chi connectivity index (χ1v) is 4.61. The summed E-state index contributed by atoms with van der Waals surface area (Å²) in [5, 5.41) is 12.2. The molecule has 1 N–H and O–H groups in total. The van der Waals surface area contributed by atoms with Crippen LogP contribution < -0.4 is 0 Å². The highest BCUT2D eigenvalue weighted by Crippen LogP contribution is 2.25. The second kappa shape index (κ2) is 3.94. The van der Waals surface area contributed by atoms with Gasteiger partial charge < -0.3 is 9.63 Å². The van der Waals surface area contributed by atoms with E-state index in [0.717, 1.165) is 12.1 Å². The molecule has 0 aliphatic carbocycles. The molecule has 0 fully saturated rings. The predicted molar refractivity (Wildman–Crippen MR) is 53.9 cm³/mol. The fourth-order valence-electron chi connectivity index (χ4n) is 1.19. The Morgan fingerprint density at radius 3 is 2.75 bits per heavy atom. The highest BCUT2D eigenvalue weighted by Gasteiger charge is 2.15. The first-order valence-electron chi connectivity index (χ1n) is 4.23. The van der Waals surface area contributed by atoms with Gasteiger partial charge in [0, 0.05) is 11.1 Å². The van der Waals surface area contributed by atoms with Gasteiger partial charge in [0.1, 0.15) is 5.82 Å². The standard InChI is InChI=1S/C10H5ClFNO3/c11-5-1-2-6(7(12)3-5)9-4-8(10(14)15)13-16-9/h1-4H,(H,14,15). The molecule has 0 spiro atoms. The van der Waals surface area contributed by atoms with Gasteiger partial charge in [-0.15, -0.1) is 0 Å². The number of aromatic nitrogens is 1. The Kier molecular flexibility index (Phi) is 2.62. The highest BCUT2D eigenvalue weighted by atomic mass is 35.5. The second-order valence-corrected chi connectivity index (χ2v) is 3.44. The maximum Gasteiger partial charge on any atom is 0.358 e. The molecule has 0 unspecified atom stereocenters. The minimum absolute atomic E-state index is 0.0477. The summed E-state index contributed by atoms with van der Waals surface area (Å²) in [5.41, 5.74) is -0.159. The zero-order valence-electron chi connectivity index (χ0n) is 7.78. The van der Waals surface area contributed by atoms with Gasteiger partial charge in [-0.25, -0.2) is 9.18 Å². The highest BCUT2D eigenvalue weighted by molar-refractivity contribution is 6.30. The van der Waals surface area contributed by atoms with Gasteiger partial charge in [-0.05, 0) is 18.2 Å². The number of hydrogen-bond donors (Lipinski definition) is 1. The van der Waals surface area contributed by atoms with E-state index in [1.54, 1.807) is 0 Å². The lowest BCUT2D eigenvalue weighted by atomic mass is 10.1. The third-order valence-electron chi connectivity index (χ3n) is 1.93. The average molecular weight is 242 g/mol. The zero-order valence-corrected chi connectivity index (χ0v) is 8.53. The van der Waals surface area contributed by atoms with Gasteiger partial charge >= 0.3 is 5.97 Å². The van der Waals surface area contributed by atoms with E-state index < -0.39 is 11.8 Å². The first-order chi connectivity index (χ1) is 7.58. The molecule has 0 bridgehead atoms. The smallest absolute Gasteiger partial charge is 0.358 e. The van der Waals surface area contributed by atoms with Crippen LogP contribution in [-0.2, 0) is 0 Å². The molecule has 2 aromatic rings. The molecule has 82 valence electrons. The Morgan fingerprint density at radius 1 is 1.44 bits per heavy atom. The van der Waals surface area contributed by atoms with Crippen molar-refractivity contribution in [2.45, 2.75) is 0 Å². The zero-order chi connectivity index (χ0) is 11.7. The minimum Gasteiger partial charge on any atom is -0.476 e. The van der Waals surface area contributed by atoms with E-state index in [0.29, 0.717) is 0 Å². The summed E-state index contributed by atoms with van der Waals surface area (Å²) < 4.78 is 18.1. The molecule has 0 saturated carbocycles. The van der Waals surface area contributed by atoms with Crippen LogP contribution in [0.3, 0.4) is 0 Å². The molecule has 4 nitrogen and oxygen atoms in total. The van der Waals surface area contributed by atoms with Crippen molar-refractivity contribution in [1.82, 2.24) is 5.16 Å². The number of nitrogens with zero attached hydrogens (tertiary/aromatic N) is 1. The summed E-state index contributed by atoms with van der Waals surface area (Å²) in [6, 6.07) is 5.13. The largest absolute Gasteiger partial charge is 0.476 e. The fourth-order valence-corrected chi connectivity index (χ4v) is 1.35. The van der Waals surface area contributed by atoms with Crippen molar-refractivity contribution in [2.24, 2.45) is 0 Å². The summed E-state index contributed by atoms with van der Waals surface area (Å²) in [6.07, 6.45) is 0. The van der Waals surface area contributed by atoms with E-state index in [4.69, 9.17) is 21.2 Å². The summed E-state index contributed by atoms with van der Waals surface area (Å²) in [7, 11) is 0. The molecular formula is C10H5ClFNO3. The molecule has 1 aromatic heterocycles. The van der Waals surface area contributed by atoms with E-state index >= 15 is 0 Å². The van der Waals surface area contributed by atoms with Crippen molar-refractivity contribution >= 4 is 17.6 Å². The van der Waals surface area contributed by atoms with Crippen molar-refractivity contribution in [3.63, 3.8) is 0 Å². The lowest BCUT2D eigenvalue weighted by Gasteiger charge is -1.97. The fraction of sp³-hybridized carbons (Fsp3) is 0. The SMILES string of the molecule is O=C(O)c1cc(-c2ccc(Cl)cc2F)on1. The van der Waals surface area contributed by atoms with Gasteiger partial charge in [0.2, 0.25) is 0 Å². The minimum atomic E-state index is -1.23. The topological polar surface area (TPSA) is 63.3 Å². The van der Waals surface area contributed by atoms with Crippen LogP contribution in [0.15, 0.2) is 28.8 Å². The molecule has 0 aliphatic rings. The number of carbonyl (C=O) groups is 1. The molecule has 0 atom stereocenters. The summed E-state index contributed by atoms with van der Waals surface area (Å²) in [6.45, 7) is 0. The van der Waals surface area contributed by atoms with Crippen molar-refractivity contribution in [3.8, 4) is 11.3 Å². The number of carboxylic acid groups (broad SMARTS) is 1. The molecule has 16 heavy (non-hydrogen) atoms. The van der Waals surface area contributed by atoms with Crippen LogP contribution in [0, 0.1) is 5.82 Å². The Hall–Kier alpha value is -1.88. The van der Waals surface area contributed by atoms with Crippen molar-refractivity contribution < 1.29 is 18.8 Å². The lowest BCUT2D eigenvalue weighted by Crippen LogP contribution is -1.94. The molecule has 0 saturated heterocycles. The lowest BCUT2D eigenvalue weighted by molar-refractivity contribution is 0.0686. The van der Waals surface area contributed by atoms with E-state index in [-0.39, 0.29) is 22.0 Å². The van der Waals surface area contributed by atoms with Crippen LogP contribution in [0.25, 0.3) is 11.3 Å². The van der Waals surface area contributed by atoms with Gasteiger partial charge in [0.25, 0.3) is 0 Å². The number of rotatable bonds is 2. The molecule has 0 aliphatic heterocycles. The van der Waals surface area contributed by atoms with Gasteiger partial charge in [-0.1, -0.05) is 16.8 Å². The number of benzene rings is 1. The Morgan fingerprint density at radius 2 is 2.19 bits per heavy atom. The van der Waals surface area contributed by atoms with Crippen molar-refractivity contribution in [1.29, 1.82) is 0 Å². The van der Waals surface area contributed by atoms with E-state index in [1.165, 1.54) is 12.1 Å². The van der Waals surface area contributed by atoms with Crippen LogP contribution in [0.2, 0.25) is 5.02 Å². The van der Waals surface area contributed by atoms with Crippen LogP contribution in [0.1, 0.15) is 10.5 Å². The van der Waals surface area contributed by atoms with Crippen molar-refractivity contribution in [3.05, 3.63) is 40.8 Å². The van der Waals surface area contributed by atoms with E-state index in [2.05, 4.69) is 5.16 Å². The third-order valence-corrected chi connectivity index (χ3v) is 2.16. The maximum atomic E-state index is 13.4. The van der Waals surface area contributed by atoms with Crippen LogP contribution >= 0.6 is 11.6 Å². The van der Waals surface area contributed by atoms with Gasteiger partial charge in [0.15, 0.2) is 11.5 Å². The summed E-state index contributed by atoms with van der Waals surface area (Å²) >= 11 is 5.58. The monoisotopic (exact) mass is 241 g/mol.